The third-order valence-electron chi connectivity index (χ3n) is 9.92. The lowest BCUT2D eigenvalue weighted by Gasteiger charge is -2.72. The van der Waals surface area contributed by atoms with E-state index in [9.17, 15) is 0 Å². The van der Waals surface area contributed by atoms with E-state index in [1.807, 2.05) is 0 Å². The topological polar surface area (TPSA) is 0 Å². The molecule has 2 atom stereocenters. The van der Waals surface area contributed by atoms with Gasteiger partial charge in [-0.15, -0.1) is 6.58 Å². The summed E-state index contributed by atoms with van der Waals surface area (Å²) in [6.45, 7) is 4.15. The lowest BCUT2D eigenvalue weighted by atomic mass is 9.33. The molecule has 0 aromatic carbocycles. The van der Waals surface area contributed by atoms with Crippen LogP contribution in [0.25, 0.3) is 0 Å². The van der Waals surface area contributed by atoms with Gasteiger partial charge in [0, 0.05) is 0 Å². The number of allylic oxidation sites excluding steroid dienone is 1. The van der Waals surface area contributed by atoms with Gasteiger partial charge in [0.15, 0.2) is 0 Å². The van der Waals surface area contributed by atoms with Crippen LogP contribution in [0.3, 0.4) is 0 Å². The normalized spacial score (nSPS) is 62.0. The Kier molecular flexibility index (Phi) is 2.60. The summed E-state index contributed by atoms with van der Waals surface area (Å²) >= 11 is 0. The Labute approximate surface area is 142 Å². The van der Waals surface area contributed by atoms with Gasteiger partial charge in [-0.1, -0.05) is 6.08 Å². The van der Waals surface area contributed by atoms with Crippen molar-refractivity contribution < 1.29 is 0 Å². The molecule has 0 aromatic rings. The molecule has 0 radical (unpaired) electrons. The van der Waals surface area contributed by atoms with Crippen LogP contribution in [0.15, 0.2) is 12.7 Å². The van der Waals surface area contributed by atoms with Crippen molar-refractivity contribution in [2.75, 3.05) is 0 Å². The predicted octanol–water partition coefficient (Wildman–Crippen LogP) is 6.37. The molecule has 0 spiro atoms. The highest BCUT2D eigenvalue weighted by Gasteiger charge is 2.67. The first-order valence-electron chi connectivity index (χ1n) is 10.7. The molecule has 23 heavy (non-hydrogen) atoms. The molecule has 8 bridgehead atoms. The van der Waals surface area contributed by atoms with Gasteiger partial charge in [-0.25, -0.2) is 0 Å². The van der Waals surface area contributed by atoms with Crippen LogP contribution in [-0.4, -0.2) is 0 Å². The number of hydrogen-bond acceptors (Lipinski definition) is 0. The summed E-state index contributed by atoms with van der Waals surface area (Å²) < 4.78 is 0. The van der Waals surface area contributed by atoms with E-state index >= 15 is 0 Å². The fourth-order valence-electron chi connectivity index (χ4n) is 10.4. The second-order valence-electron chi connectivity index (χ2n) is 11.4. The van der Waals surface area contributed by atoms with Crippen LogP contribution in [0.4, 0.5) is 0 Å². The summed E-state index contributed by atoms with van der Waals surface area (Å²) in [7, 11) is 0. The molecular formula is C23H34. The number of rotatable bonds is 3. The van der Waals surface area contributed by atoms with E-state index in [-0.39, 0.29) is 0 Å². The van der Waals surface area contributed by atoms with E-state index in [0.717, 1.165) is 40.4 Å². The molecule has 0 aromatic heterocycles. The second-order valence-corrected chi connectivity index (χ2v) is 11.4. The Morgan fingerprint density at radius 2 is 1.13 bits per heavy atom. The van der Waals surface area contributed by atoms with Gasteiger partial charge in [0.2, 0.25) is 0 Å². The third-order valence-corrected chi connectivity index (χ3v) is 9.92. The summed E-state index contributed by atoms with van der Waals surface area (Å²) in [6.07, 6.45) is 22.9. The minimum absolute atomic E-state index is 0.690. The van der Waals surface area contributed by atoms with Crippen LogP contribution < -0.4 is 0 Å². The fourth-order valence-corrected chi connectivity index (χ4v) is 10.4. The molecule has 0 amide bonds. The molecule has 0 N–H and O–H groups in total. The van der Waals surface area contributed by atoms with Gasteiger partial charge < -0.3 is 0 Å². The standard InChI is InChI=1S/C23H34/c1-2-3-21-8-19-7-20(9-21)14-23(13-19,15-21)22-10-16-4-17(11-22)6-18(5-16)12-22/h2,16-20H,1,3-15H2. The van der Waals surface area contributed by atoms with E-state index in [1.54, 1.807) is 77.0 Å². The highest BCUT2D eigenvalue weighted by molar-refractivity contribution is 5.17. The molecule has 0 aliphatic heterocycles. The van der Waals surface area contributed by atoms with E-state index in [1.165, 1.54) is 6.42 Å². The Hall–Kier alpha value is -0.260. The molecule has 8 fully saturated rings. The molecular weight excluding hydrogens is 276 g/mol. The highest BCUT2D eigenvalue weighted by Crippen LogP contribution is 2.77. The molecule has 0 heteroatoms. The summed E-state index contributed by atoms with van der Waals surface area (Å²) in [5.74, 6) is 5.56. The first-order valence-corrected chi connectivity index (χ1v) is 10.7. The van der Waals surface area contributed by atoms with E-state index in [4.69, 9.17) is 0 Å². The smallest absolute Gasteiger partial charge is 0.0230 e. The molecule has 8 aliphatic rings. The van der Waals surface area contributed by atoms with Gasteiger partial charge in [-0.3, -0.25) is 0 Å². The molecule has 0 nitrogen and oxygen atoms in total. The van der Waals surface area contributed by atoms with Crippen LogP contribution in [0, 0.1) is 45.8 Å². The maximum absolute atomic E-state index is 4.15. The maximum atomic E-state index is 4.15. The fraction of sp³-hybridized carbons (Fsp3) is 0.913. The zero-order valence-electron chi connectivity index (χ0n) is 14.9. The average molecular weight is 311 g/mol. The van der Waals surface area contributed by atoms with Crippen molar-refractivity contribution in [2.24, 2.45) is 45.8 Å². The van der Waals surface area contributed by atoms with Crippen molar-refractivity contribution in [3.05, 3.63) is 12.7 Å². The van der Waals surface area contributed by atoms with Crippen molar-refractivity contribution in [3.63, 3.8) is 0 Å². The summed E-state index contributed by atoms with van der Waals surface area (Å²) in [5.41, 5.74) is 2.26. The SMILES string of the molecule is C=CCC12CC3CC(C1)CC(C14CC5CC(CC(C5)C1)C4)(C3)C2. The second kappa shape index (κ2) is 4.28. The zero-order chi connectivity index (χ0) is 15.3. The first kappa shape index (κ1) is 14.0. The van der Waals surface area contributed by atoms with E-state index < -0.39 is 0 Å². The lowest BCUT2D eigenvalue weighted by Crippen LogP contribution is -2.62. The lowest BCUT2D eigenvalue weighted by molar-refractivity contribution is -0.220. The average Bonchev–Trinajstić information content (AvgIpc) is 2.44. The Bertz CT molecular complexity index is 491. The van der Waals surface area contributed by atoms with Crippen LogP contribution in [0.5, 0.6) is 0 Å². The molecule has 0 heterocycles. The Morgan fingerprint density at radius 3 is 1.65 bits per heavy atom. The molecule has 2 unspecified atom stereocenters. The van der Waals surface area contributed by atoms with Gasteiger partial charge in [0.25, 0.3) is 0 Å². The minimum Gasteiger partial charge on any atom is -0.103 e. The van der Waals surface area contributed by atoms with Crippen LogP contribution in [0.1, 0.15) is 83.5 Å². The third kappa shape index (κ3) is 1.74. The highest BCUT2D eigenvalue weighted by atomic mass is 14.7. The Balaban J connectivity index is 1.42. The van der Waals surface area contributed by atoms with E-state index in [0.29, 0.717) is 5.41 Å². The van der Waals surface area contributed by atoms with Gasteiger partial charge in [0.05, 0.1) is 0 Å². The van der Waals surface area contributed by atoms with E-state index in [2.05, 4.69) is 12.7 Å². The zero-order valence-corrected chi connectivity index (χ0v) is 14.9. The van der Waals surface area contributed by atoms with Crippen molar-refractivity contribution >= 4 is 0 Å². The van der Waals surface area contributed by atoms with Crippen LogP contribution in [-0.2, 0) is 0 Å². The van der Waals surface area contributed by atoms with Crippen LogP contribution >= 0.6 is 0 Å². The molecule has 8 saturated carbocycles. The largest absolute Gasteiger partial charge is 0.103 e. The maximum Gasteiger partial charge on any atom is -0.0230 e. The summed E-state index contributed by atoms with van der Waals surface area (Å²) in [5, 5.41) is 0. The van der Waals surface area contributed by atoms with Gasteiger partial charge in [0.1, 0.15) is 0 Å². The van der Waals surface area contributed by atoms with Crippen molar-refractivity contribution in [2.45, 2.75) is 83.5 Å². The quantitative estimate of drug-likeness (QED) is 0.532. The molecule has 8 aliphatic carbocycles. The summed E-state index contributed by atoms with van der Waals surface area (Å²) in [6, 6.07) is 0. The molecule has 8 rings (SSSR count). The van der Waals surface area contributed by atoms with Crippen LogP contribution in [0.2, 0.25) is 0 Å². The number of hydrogen-bond donors (Lipinski definition) is 0. The van der Waals surface area contributed by atoms with Crippen molar-refractivity contribution in [1.29, 1.82) is 0 Å². The Morgan fingerprint density at radius 1 is 0.652 bits per heavy atom. The van der Waals surface area contributed by atoms with Crippen molar-refractivity contribution in [3.8, 4) is 0 Å². The monoisotopic (exact) mass is 310 g/mol. The molecule has 0 saturated heterocycles. The first-order chi connectivity index (χ1) is 11.1. The molecule has 126 valence electrons. The van der Waals surface area contributed by atoms with Gasteiger partial charge >= 0.3 is 0 Å². The van der Waals surface area contributed by atoms with Crippen molar-refractivity contribution in [1.82, 2.24) is 0 Å². The van der Waals surface area contributed by atoms with Gasteiger partial charge in [-0.05, 0) is 129 Å². The summed E-state index contributed by atoms with van der Waals surface area (Å²) in [4.78, 5) is 0. The van der Waals surface area contributed by atoms with Gasteiger partial charge in [-0.2, -0.15) is 0 Å². The predicted molar refractivity (Wildman–Crippen MR) is 95.0 cm³/mol. The minimum atomic E-state index is 0.690.